The topological polar surface area (TPSA) is 38.5 Å². The van der Waals surface area contributed by atoms with Gasteiger partial charge in [-0.05, 0) is 57.0 Å². The third-order valence-electron chi connectivity index (χ3n) is 3.59. The molecule has 1 aliphatic heterocycles. The molecule has 1 saturated heterocycles. The molecule has 0 amide bonds. The van der Waals surface area contributed by atoms with Crippen molar-refractivity contribution in [3.63, 3.8) is 0 Å². The maximum Gasteiger partial charge on any atom is 0.122 e. The molecule has 100 valence electrons. The summed E-state index contributed by atoms with van der Waals surface area (Å²) in [6.07, 6.45) is 2.67. The Bertz CT molecular complexity index is 384. The lowest BCUT2D eigenvalue weighted by molar-refractivity contribution is 0.237. The van der Waals surface area contributed by atoms with Crippen molar-refractivity contribution in [1.29, 1.82) is 0 Å². The summed E-state index contributed by atoms with van der Waals surface area (Å²) in [5, 5.41) is 0. The van der Waals surface area contributed by atoms with Crippen LogP contribution in [0, 0.1) is 6.92 Å². The summed E-state index contributed by atoms with van der Waals surface area (Å²) in [6, 6.07) is 6.30. The highest BCUT2D eigenvalue weighted by molar-refractivity contribution is 5.37. The average Bonchev–Trinajstić information content (AvgIpc) is 2.84. The molecule has 1 aliphatic rings. The molecule has 2 N–H and O–H groups in total. The SMILES string of the molecule is Cc1cc(C(C)N)ccc1OCCN1CCCC1. The molecule has 0 spiro atoms. The average molecular weight is 248 g/mol. The fraction of sp³-hybridized carbons (Fsp3) is 0.600. The Morgan fingerprint density at radius 3 is 2.67 bits per heavy atom. The van der Waals surface area contributed by atoms with E-state index in [1.165, 1.54) is 37.1 Å². The van der Waals surface area contributed by atoms with Gasteiger partial charge in [0, 0.05) is 12.6 Å². The highest BCUT2D eigenvalue weighted by Crippen LogP contribution is 2.21. The first kappa shape index (κ1) is 13.4. The molecule has 2 rings (SSSR count). The van der Waals surface area contributed by atoms with E-state index in [1.54, 1.807) is 0 Å². The van der Waals surface area contributed by atoms with Crippen LogP contribution in [0.4, 0.5) is 0 Å². The van der Waals surface area contributed by atoms with Gasteiger partial charge in [-0.2, -0.15) is 0 Å². The highest BCUT2D eigenvalue weighted by atomic mass is 16.5. The Morgan fingerprint density at radius 1 is 1.33 bits per heavy atom. The third kappa shape index (κ3) is 3.47. The predicted molar refractivity (Wildman–Crippen MR) is 75.0 cm³/mol. The minimum Gasteiger partial charge on any atom is -0.492 e. The van der Waals surface area contributed by atoms with Gasteiger partial charge in [0.1, 0.15) is 12.4 Å². The van der Waals surface area contributed by atoms with E-state index in [0.717, 1.165) is 18.9 Å². The second-order valence-corrected chi connectivity index (χ2v) is 5.21. The fourth-order valence-electron chi connectivity index (χ4n) is 2.41. The first-order valence-electron chi connectivity index (χ1n) is 6.88. The van der Waals surface area contributed by atoms with Crippen LogP contribution in [-0.2, 0) is 0 Å². The summed E-state index contributed by atoms with van der Waals surface area (Å²) in [6.45, 7) is 8.35. The van der Waals surface area contributed by atoms with E-state index in [0.29, 0.717) is 0 Å². The van der Waals surface area contributed by atoms with Crippen molar-refractivity contribution in [2.24, 2.45) is 5.73 Å². The largest absolute Gasteiger partial charge is 0.492 e. The summed E-state index contributed by atoms with van der Waals surface area (Å²) in [5.74, 6) is 0.985. The van der Waals surface area contributed by atoms with Gasteiger partial charge in [0.2, 0.25) is 0 Å². The molecular formula is C15H24N2O. The summed E-state index contributed by atoms with van der Waals surface area (Å²) < 4.78 is 5.85. The van der Waals surface area contributed by atoms with Crippen LogP contribution in [0.5, 0.6) is 5.75 Å². The van der Waals surface area contributed by atoms with Crippen molar-refractivity contribution in [1.82, 2.24) is 4.90 Å². The van der Waals surface area contributed by atoms with Crippen LogP contribution in [0.25, 0.3) is 0 Å². The molecule has 1 aromatic carbocycles. The van der Waals surface area contributed by atoms with Gasteiger partial charge in [-0.3, -0.25) is 4.90 Å². The zero-order valence-electron chi connectivity index (χ0n) is 11.5. The Morgan fingerprint density at radius 2 is 2.06 bits per heavy atom. The summed E-state index contributed by atoms with van der Waals surface area (Å²) in [7, 11) is 0. The van der Waals surface area contributed by atoms with Gasteiger partial charge >= 0.3 is 0 Å². The molecule has 1 heterocycles. The monoisotopic (exact) mass is 248 g/mol. The Labute approximate surface area is 110 Å². The number of hydrogen-bond donors (Lipinski definition) is 1. The van der Waals surface area contributed by atoms with Crippen LogP contribution in [0.1, 0.15) is 36.9 Å². The number of ether oxygens (including phenoxy) is 1. The number of benzene rings is 1. The molecule has 3 heteroatoms. The van der Waals surface area contributed by atoms with Gasteiger partial charge in [0.15, 0.2) is 0 Å². The number of aryl methyl sites for hydroxylation is 1. The van der Waals surface area contributed by atoms with E-state index in [9.17, 15) is 0 Å². The van der Waals surface area contributed by atoms with Gasteiger partial charge in [-0.25, -0.2) is 0 Å². The van der Waals surface area contributed by atoms with Crippen molar-refractivity contribution in [3.8, 4) is 5.75 Å². The number of likely N-dealkylation sites (tertiary alicyclic amines) is 1. The van der Waals surface area contributed by atoms with Crippen LogP contribution < -0.4 is 10.5 Å². The van der Waals surface area contributed by atoms with Crippen LogP contribution in [0.2, 0.25) is 0 Å². The molecule has 1 fully saturated rings. The third-order valence-corrected chi connectivity index (χ3v) is 3.59. The second kappa shape index (κ2) is 6.21. The smallest absolute Gasteiger partial charge is 0.122 e. The molecule has 0 bridgehead atoms. The first-order valence-corrected chi connectivity index (χ1v) is 6.88. The molecule has 0 aliphatic carbocycles. The lowest BCUT2D eigenvalue weighted by atomic mass is 10.1. The first-order chi connectivity index (χ1) is 8.66. The quantitative estimate of drug-likeness (QED) is 0.870. The van der Waals surface area contributed by atoms with Crippen LogP contribution in [-0.4, -0.2) is 31.1 Å². The predicted octanol–water partition coefficient (Wildman–Crippen LogP) is 2.49. The second-order valence-electron chi connectivity index (χ2n) is 5.21. The summed E-state index contributed by atoms with van der Waals surface area (Å²) >= 11 is 0. The molecule has 1 atom stereocenters. The van der Waals surface area contributed by atoms with Crippen molar-refractivity contribution < 1.29 is 4.74 Å². The molecule has 3 nitrogen and oxygen atoms in total. The number of nitrogens with two attached hydrogens (primary N) is 1. The number of hydrogen-bond acceptors (Lipinski definition) is 3. The number of rotatable bonds is 5. The Balaban J connectivity index is 1.85. The summed E-state index contributed by atoms with van der Waals surface area (Å²) in [4.78, 5) is 2.46. The Hall–Kier alpha value is -1.06. The molecular weight excluding hydrogens is 224 g/mol. The Kier molecular flexibility index (Phi) is 4.61. The van der Waals surface area contributed by atoms with Gasteiger partial charge < -0.3 is 10.5 Å². The molecule has 1 unspecified atom stereocenters. The zero-order valence-corrected chi connectivity index (χ0v) is 11.5. The lowest BCUT2D eigenvalue weighted by Crippen LogP contribution is -2.25. The minimum absolute atomic E-state index is 0.0855. The van der Waals surface area contributed by atoms with Gasteiger partial charge in [0.25, 0.3) is 0 Å². The van der Waals surface area contributed by atoms with Gasteiger partial charge in [0.05, 0.1) is 0 Å². The maximum atomic E-state index is 5.87. The highest BCUT2D eigenvalue weighted by Gasteiger charge is 2.11. The molecule has 0 saturated carbocycles. The van der Waals surface area contributed by atoms with Crippen LogP contribution in [0.15, 0.2) is 18.2 Å². The molecule has 1 aromatic rings. The van der Waals surface area contributed by atoms with E-state index in [2.05, 4.69) is 24.0 Å². The normalized spacial score (nSPS) is 17.9. The van der Waals surface area contributed by atoms with Gasteiger partial charge in [-0.1, -0.05) is 12.1 Å². The standard InChI is InChI=1S/C15H24N2O/c1-12-11-14(13(2)16)5-6-15(12)18-10-9-17-7-3-4-8-17/h5-6,11,13H,3-4,7-10,16H2,1-2H3. The van der Waals surface area contributed by atoms with Crippen LogP contribution >= 0.6 is 0 Å². The van der Waals surface area contributed by atoms with E-state index in [4.69, 9.17) is 10.5 Å². The van der Waals surface area contributed by atoms with Crippen molar-refractivity contribution in [3.05, 3.63) is 29.3 Å². The number of nitrogens with zero attached hydrogens (tertiary/aromatic N) is 1. The molecule has 0 aromatic heterocycles. The molecule has 18 heavy (non-hydrogen) atoms. The summed E-state index contributed by atoms with van der Waals surface area (Å²) in [5.41, 5.74) is 8.21. The van der Waals surface area contributed by atoms with E-state index >= 15 is 0 Å². The van der Waals surface area contributed by atoms with Gasteiger partial charge in [-0.15, -0.1) is 0 Å². The van der Waals surface area contributed by atoms with E-state index < -0.39 is 0 Å². The van der Waals surface area contributed by atoms with Crippen molar-refractivity contribution in [2.75, 3.05) is 26.2 Å². The molecule has 0 radical (unpaired) electrons. The van der Waals surface area contributed by atoms with E-state index in [1.807, 2.05) is 13.0 Å². The van der Waals surface area contributed by atoms with Crippen molar-refractivity contribution >= 4 is 0 Å². The minimum atomic E-state index is 0.0855. The fourth-order valence-corrected chi connectivity index (χ4v) is 2.41. The van der Waals surface area contributed by atoms with Crippen LogP contribution in [0.3, 0.4) is 0 Å². The zero-order chi connectivity index (χ0) is 13.0. The van der Waals surface area contributed by atoms with Crippen molar-refractivity contribution in [2.45, 2.75) is 32.7 Å². The lowest BCUT2D eigenvalue weighted by Gasteiger charge is -2.16. The van der Waals surface area contributed by atoms with E-state index in [-0.39, 0.29) is 6.04 Å². The maximum absolute atomic E-state index is 5.87.